The van der Waals surface area contributed by atoms with Crippen molar-refractivity contribution < 1.29 is 4.79 Å². The molecule has 0 fully saturated rings. The van der Waals surface area contributed by atoms with E-state index >= 15 is 0 Å². The molecule has 2 rings (SSSR count). The van der Waals surface area contributed by atoms with Gasteiger partial charge in [0.1, 0.15) is 0 Å². The van der Waals surface area contributed by atoms with Gasteiger partial charge in [-0.25, -0.2) is 0 Å². The zero-order valence-corrected chi connectivity index (χ0v) is 12.8. The number of nitrogen functional groups attached to an aromatic ring is 1. The molecule has 0 atom stereocenters. The topological polar surface area (TPSA) is 46.3 Å². The van der Waals surface area contributed by atoms with Crippen LogP contribution in [0, 0.1) is 0 Å². The predicted molar refractivity (Wildman–Crippen MR) is 85.1 cm³/mol. The standard InChI is InChI=1S/C14H11Cl3N2O/c1-19(13-7-9(16)3-5-12(13)18)14(20)10-6-8(15)2-4-11(10)17/h2-7H,18H2,1H3. The molecule has 0 bridgehead atoms. The maximum atomic E-state index is 12.5. The largest absolute Gasteiger partial charge is 0.397 e. The van der Waals surface area contributed by atoms with Gasteiger partial charge in [-0.3, -0.25) is 4.79 Å². The summed E-state index contributed by atoms with van der Waals surface area (Å²) in [5.74, 6) is -0.313. The van der Waals surface area contributed by atoms with E-state index in [0.29, 0.717) is 32.0 Å². The van der Waals surface area contributed by atoms with Crippen LogP contribution in [0.3, 0.4) is 0 Å². The SMILES string of the molecule is CN(C(=O)c1cc(Cl)ccc1Cl)c1cc(Cl)ccc1N. The summed E-state index contributed by atoms with van der Waals surface area (Å²) in [7, 11) is 1.60. The van der Waals surface area contributed by atoms with Crippen LogP contribution in [0.15, 0.2) is 36.4 Å². The van der Waals surface area contributed by atoms with Crippen LogP contribution in [-0.2, 0) is 0 Å². The zero-order valence-electron chi connectivity index (χ0n) is 10.5. The lowest BCUT2D eigenvalue weighted by atomic mass is 10.1. The fraction of sp³-hybridized carbons (Fsp3) is 0.0714. The molecule has 0 saturated heterocycles. The van der Waals surface area contributed by atoms with E-state index in [0.717, 1.165) is 0 Å². The van der Waals surface area contributed by atoms with Gasteiger partial charge in [0.05, 0.1) is 22.0 Å². The Labute approximate surface area is 131 Å². The number of carbonyl (C=O) groups is 1. The van der Waals surface area contributed by atoms with Crippen molar-refractivity contribution in [2.75, 3.05) is 17.7 Å². The molecule has 2 aromatic rings. The van der Waals surface area contributed by atoms with Gasteiger partial charge in [0, 0.05) is 17.1 Å². The Morgan fingerprint density at radius 2 is 1.65 bits per heavy atom. The van der Waals surface area contributed by atoms with Crippen molar-refractivity contribution in [2.45, 2.75) is 0 Å². The summed E-state index contributed by atoms with van der Waals surface area (Å²) >= 11 is 17.9. The molecule has 0 aliphatic heterocycles. The van der Waals surface area contributed by atoms with Crippen LogP contribution in [0.4, 0.5) is 11.4 Å². The van der Waals surface area contributed by atoms with E-state index in [9.17, 15) is 4.79 Å². The molecule has 0 unspecified atom stereocenters. The first-order valence-corrected chi connectivity index (χ1v) is 6.81. The number of halogens is 3. The lowest BCUT2D eigenvalue weighted by Gasteiger charge is -2.20. The number of carbonyl (C=O) groups excluding carboxylic acids is 1. The van der Waals surface area contributed by atoms with Gasteiger partial charge >= 0.3 is 0 Å². The highest BCUT2D eigenvalue weighted by Gasteiger charge is 2.19. The first-order chi connectivity index (χ1) is 9.40. The van der Waals surface area contributed by atoms with Crippen LogP contribution in [0.1, 0.15) is 10.4 Å². The molecule has 2 N–H and O–H groups in total. The highest BCUT2D eigenvalue weighted by atomic mass is 35.5. The molecule has 0 aromatic heterocycles. The highest BCUT2D eigenvalue weighted by molar-refractivity contribution is 6.36. The fourth-order valence-electron chi connectivity index (χ4n) is 1.76. The summed E-state index contributed by atoms with van der Waals surface area (Å²) in [6.07, 6.45) is 0. The van der Waals surface area contributed by atoms with Gasteiger partial charge in [-0.2, -0.15) is 0 Å². The Morgan fingerprint density at radius 3 is 2.35 bits per heavy atom. The molecule has 0 radical (unpaired) electrons. The molecule has 0 aliphatic rings. The summed E-state index contributed by atoms with van der Waals surface area (Å²) in [5, 5.41) is 1.25. The molecule has 2 aromatic carbocycles. The van der Waals surface area contributed by atoms with E-state index in [-0.39, 0.29) is 5.91 Å². The average Bonchev–Trinajstić information content (AvgIpc) is 2.42. The monoisotopic (exact) mass is 328 g/mol. The third-order valence-corrected chi connectivity index (χ3v) is 3.62. The summed E-state index contributed by atoms with van der Waals surface area (Å²) in [4.78, 5) is 13.9. The molecule has 0 heterocycles. The van der Waals surface area contributed by atoms with Gasteiger partial charge in [0.25, 0.3) is 5.91 Å². The smallest absolute Gasteiger partial charge is 0.259 e. The minimum Gasteiger partial charge on any atom is -0.397 e. The fourth-order valence-corrected chi connectivity index (χ4v) is 2.30. The van der Waals surface area contributed by atoms with Crippen LogP contribution in [0.2, 0.25) is 15.1 Å². The first-order valence-electron chi connectivity index (χ1n) is 5.68. The molecule has 0 spiro atoms. The van der Waals surface area contributed by atoms with Crippen molar-refractivity contribution in [1.29, 1.82) is 0 Å². The minimum absolute atomic E-state index is 0.307. The zero-order chi connectivity index (χ0) is 14.9. The lowest BCUT2D eigenvalue weighted by Crippen LogP contribution is -2.27. The molecule has 0 saturated carbocycles. The van der Waals surface area contributed by atoms with Gasteiger partial charge < -0.3 is 10.6 Å². The number of rotatable bonds is 2. The van der Waals surface area contributed by atoms with Gasteiger partial charge in [-0.1, -0.05) is 34.8 Å². The molecule has 3 nitrogen and oxygen atoms in total. The third-order valence-electron chi connectivity index (χ3n) is 2.82. The highest BCUT2D eigenvalue weighted by Crippen LogP contribution is 2.29. The number of nitrogens with zero attached hydrogens (tertiary/aromatic N) is 1. The van der Waals surface area contributed by atoms with Gasteiger partial charge in [0.15, 0.2) is 0 Å². The van der Waals surface area contributed by atoms with Gasteiger partial charge in [-0.05, 0) is 36.4 Å². The Bertz CT molecular complexity index is 673. The van der Waals surface area contributed by atoms with Crippen molar-refractivity contribution in [3.05, 3.63) is 57.0 Å². The second-order valence-electron chi connectivity index (χ2n) is 4.19. The normalized spacial score (nSPS) is 10.4. The van der Waals surface area contributed by atoms with E-state index in [1.165, 1.54) is 11.0 Å². The molecule has 20 heavy (non-hydrogen) atoms. The van der Waals surface area contributed by atoms with E-state index in [1.807, 2.05) is 0 Å². The van der Waals surface area contributed by atoms with Crippen molar-refractivity contribution in [2.24, 2.45) is 0 Å². The minimum atomic E-state index is -0.313. The third kappa shape index (κ3) is 3.01. The maximum Gasteiger partial charge on any atom is 0.259 e. The van der Waals surface area contributed by atoms with E-state index in [2.05, 4.69) is 0 Å². The Balaban J connectivity index is 2.42. The van der Waals surface area contributed by atoms with Crippen LogP contribution in [0.25, 0.3) is 0 Å². The van der Waals surface area contributed by atoms with Crippen molar-refractivity contribution in [3.8, 4) is 0 Å². The van der Waals surface area contributed by atoms with E-state index in [4.69, 9.17) is 40.5 Å². The number of hydrogen-bond donors (Lipinski definition) is 1. The summed E-state index contributed by atoms with van der Waals surface area (Å²) in [6, 6.07) is 9.63. The lowest BCUT2D eigenvalue weighted by molar-refractivity contribution is 0.0993. The van der Waals surface area contributed by atoms with Crippen molar-refractivity contribution in [1.82, 2.24) is 0 Å². The Hall–Kier alpha value is -1.42. The Morgan fingerprint density at radius 1 is 1.05 bits per heavy atom. The second-order valence-corrected chi connectivity index (χ2v) is 5.47. The summed E-state index contributed by atoms with van der Waals surface area (Å²) in [6.45, 7) is 0. The summed E-state index contributed by atoms with van der Waals surface area (Å²) in [5.41, 5.74) is 7.13. The Kier molecular flexibility index (Phi) is 4.43. The molecule has 104 valence electrons. The number of anilines is 2. The molecule has 0 aliphatic carbocycles. The number of benzene rings is 2. The maximum absolute atomic E-state index is 12.5. The number of amides is 1. The molecule has 6 heteroatoms. The van der Waals surface area contributed by atoms with Crippen molar-refractivity contribution in [3.63, 3.8) is 0 Å². The van der Waals surface area contributed by atoms with Gasteiger partial charge in [-0.15, -0.1) is 0 Å². The molecule has 1 amide bonds. The van der Waals surface area contributed by atoms with Crippen LogP contribution in [0.5, 0.6) is 0 Å². The first kappa shape index (κ1) is 15.0. The van der Waals surface area contributed by atoms with E-state index < -0.39 is 0 Å². The number of nitrogens with two attached hydrogens (primary N) is 1. The molecular formula is C14H11Cl3N2O. The molecular weight excluding hydrogens is 319 g/mol. The van der Waals surface area contributed by atoms with Crippen LogP contribution < -0.4 is 10.6 Å². The van der Waals surface area contributed by atoms with Crippen molar-refractivity contribution >= 4 is 52.1 Å². The van der Waals surface area contributed by atoms with Crippen LogP contribution in [-0.4, -0.2) is 13.0 Å². The second kappa shape index (κ2) is 5.92. The average molecular weight is 330 g/mol. The van der Waals surface area contributed by atoms with Crippen LogP contribution >= 0.6 is 34.8 Å². The predicted octanol–water partition coefficient (Wildman–Crippen LogP) is 4.51. The number of hydrogen-bond acceptors (Lipinski definition) is 2. The van der Waals surface area contributed by atoms with E-state index in [1.54, 1.807) is 37.4 Å². The quantitative estimate of drug-likeness (QED) is 0.824. The van der Waals surface area contributed by atoms with Gasteiger partial charge in [0.2, 0.25) is 0 Å². The summed E-state index contributed by atoms with van der Waals surface area (Å²) < 4.78 is 0.